The summed E-state index contributed by atoms with van der Waals surface area (Å²) in [5, 5.41) is 0. The van der Waals surface area contributed by atoms with Crippen molar-refractivity contribution in [2.45, 2.75) is 26.3 Å². The lowest BCUT2D eigenvalue weighted by Crippen LogP contribution is -2.37. The highest BCUT2D eigenvalue weighted by Crippen LogP contribution is 2.17. The molecular weight excluding hydrogens is 314 g/mol. The van der Waals surface area contributed by atoms with Crippen LogP contribution < -0.4 is 10.6 Å². The summed E-state index contributed by atoms with van der Waals surface area (Å²) in [6.07, 6.45) is 1.93. The van der Waals surface area contributed by atoms with Crippen LogP contribution in [0.4, 0.5) is 5.69 Å². The van der Waals surface area contributed by atoms with E-state index >= 15 is 0 Å². The van der Waals surface area contributed by atoms with Crippen molar-refractivity contribution in [3.63, 3.8) is 0 Å². The molecule has 3 rings (SSSR count). The fraction of sp³-hybridized carbons (Fsp3) is 0.300. The SMILES string of the molecule is CCCCN(C(=O)Cn1c(=O)n(C)c2ccccc21)c1ccccc1. The summed E-state index contributed by atoms with van der Waals surface area (Å²) in [5.41, 5.74) is 2.32. The van der Waals surface area contributed by atoms with Crippen molar-refractivity contribution in [2.24, 2.45) is 7.05 Å². The van der Waals surface area contributed by atoms with E-state index in [4.69, 9.17) is 0 Å². The molecule has 3 aromatic rings. The monoisotopic (exact) mass is 337 g/mol. The van der Waals surface area contributed by atoms with Gasteiger partial charge in [0.05, 0.1) is 11.0 Å². The number of amides is 1. The third-order valence-corrected chi connectivity index (χ3v) is 4.45. The number of aryl methyl sites for hydroxylation is 1. The molecule has 5 nitrogen and oxygen atoms in total. The molecule has 25 heavy (non-hydrogen) atoms. The first-order chi connectivity index (χ1) is 12.1. The second-order valence-electron chi connectivity index (χ2n) is 6.15. The lowest BCUT2D eigenvalue weighted by atomic mass is 10.2. The van der Waals surface area contributed by atoms with Gasteiger partial charge in [0.15, 0.2) is 0 Å². The first-order valence-electron chi connectivity index (χ1n) is 8.63. The van der Waals surface area contributed by atoms with Crippen molar-refractivity contribution >= 4 is 22.6 Å². The number of unbranched alkanes of at least 4 members (excludes halogenated alkanes) is 1. The summed E-state index contributed by atoms with van der Waals surface area (Å²) < 4.78 is 3.14. The first kappa shape index (κ1) is 17.0. The smallest absolute Gasteiger partial charge is 0.311 e. The zero-order valence-electron chi connectivity index (χ0n) is 14.7. The van der Waals surface area contributed by atoms with E-state index in [1.165, 1.54) is 0 Å². The van der Waals surface area contributed by atoms with Crippen LogP contribution >= 0.6 is 0 Å². The Labute approximate surface area is 147 Å². The molecule has 0 aliphatic rings. The van der Waals surface area contributed by atoms with Crippen molar-refractivity contribution in [3.05, 3.63) is 65.1 Å². The predicted octanol–water partition coefficient (Wildman–Crippen LogP) is 3.17. The molecule has 0 saturated heterocycles. The van der Waals surface area contributed by atoms with Gasteiger partial charge in [0, 0.05) is 19.3 Å². The maximum Gasteiger partial charge on any atom is 0.329 e. The van der Waals surface area contributed by atoms with Gasteiger partial charge in [0.1, 0.15) is 6.54 Å². The van der Waals surface area contributed by atoms with E-state index in [0.29, 0.717) is 6.54 Å². The van der Waals surface area contributed by atoms with E-state index in [0.717, 1.165) is 29.6 Å². The summed E-state index contributed by atoms with van der Waals surface area (Å²) in [6.45, 7) is 2.79. The highest BCUT2D eigenvalue weighted by Gasteiger charge is 2.19. The molecule has 0 fully saturated rings. The molecule has 0 bridgehead atoms. The molecule has 130 valence electrons. The van der Waals surface area contributed by atoms with Crippen LogP contribution in [0.1, 0.15) is 19.8 Å². The molecule has 0 aliphatic heterocycles. The minimum atomic E-state index is -0.168. The number of carbonyl (C=O) groups is 1. The molecule has 2 aromatic carbocycles. The second-order valence-corrected chi connectivity index (χ2v) is 6.15. The highest BCUT2D eigenvalue weighted by atomic mass is 16.2. The molecule has 1 amide bonds. The molecule has 1 aromatic heterocycles. The van der Waals surface area contributed by atoms with Gasteiger partial charge in [-0.05, 0) is 30.7 Å². The van der Waals surface area contributed by atoms with Crippen LogP contribution in [0.25, 0.3) is 11.0 Å². The number of fused-ring (bicyclic) bond motifs is 1. The van der Waals surface area contributed by atoms with Crippen molar-refractivity contribution in [1.82, 2.24) is 9.13 Å². The minimum Gasteiger partial charge on any atom is -0.311 e. The third-order valence-electron chi connectivity index (χ3n) is 4.45. The van der Waals surface area contributed by atoms with Crippen molar-refractivity contribution in [1.29, 1.82) is 0 Å². The summed E-state index contributed by atoms with van der Waals surface area (Å²) in [5.74, 6) is -0.0712. The number of benzene rings is 2. The topological polar surface area (TPSA) is 47.2 Å². The maximum atomic E-state index is 13.0. The molecule has 0 atom stereocenters. The molecule has 0 spiro atoms. The Morgan fingerprint density at radius 1 is 1.00 bits per heavy atom. The summed E-state index contributed by atoms with van der Waals surface area (Å²) in [6, 6.07) is 17.2. The van der Waals surface area contributed by atoms with Crippen LogP contribution in [-0.4, -0.2) is 21.6 Å². The number of para-hydroxylation sites is 3. The van der Waals surface area contributed by atoms with Gasteiger partial charge in [-0.15, -0.1) is 0 Å². The lowest BCUT2D eigenvalue weighted by molar-refractivity contribution is -0.119. The largest absolute Gasteiger partial charge is 0.329 e. The Morgan fingerprint density at radius 2 is 1.64 bits per heavy atom. The van der Waals surface area contributed by atoms with Gasteiger partial charge >= 0.3 is 5.69 Å². The molecular formula is C20H23N3O2. The quantitative estimate of drug-likeness (QED) is 0.693. The first-order valence-corrected chi connectivity index (χ1v) is 8.63. The number of aromatic nitrogens is 2. The van der Waals surface area contributed by atoms with Crippen molar-refractivity contribution in [3.8, 4) is 0 Å². The van der Waals surface area contributed by atoms with E-state index in [1.807, 2.05) is 54.6 Å². The van der Waals surface area contributed by atoms with E-state index in [9.17, 15) is 9.59 Å². The number of hydrogen-bond donors (Lipinski definition) is 0. The van der Waals surface area contributed by atoms with Crippen LogP contribution in [0, 0.1) is 0 Å². The fourth-order valence-corrected chi connectivity index (χ4v) is 3.06. The Hall–Kier alpha value is -2.82. The van der Waals surface area contributed by atoms with Crippen LogP contribution in [0.5, 0.6) is 0 Å². The number of nitrogens with zero attached hydrogens (tertiary/aromatic N) is 3. The Morgan fingerprint density at radius 3 is 2.32 bits per heavy atom. The normalized spacial score (nSPS) is 11.0. The molecule has 0 saturated carbocycles. The average molecular weight is 337 g/mol. The van der Waals surface area contributed by atoms with Crippen LogP contribution in [0.2, 0.25) is 0 Å². The van der Waals surface area contributed by atoms with Gasteiger partial charge in [0.25, 0.3) is 0 Å². The summed E-state index contributed by atoms with van der Waals surface area (Å²) in [4.78, 5) is 27.3. The average Bonchev–Trinajstić information content (AvgIpc) is 2.88. The van der Waals surface area contributed by atoms with Gasteiger partial charge in [-0.2, -0.15) is 0 Å². The molecule has 0 aliphatic carbocycles. The fourth-order valence-electron chi connectivity index (χ4n) is 3.06. The number of imidazole rings is 1. The second kappa shape index (κ2) is 7.38. The van der Waals surface area contributed by atoms with E-state index in [1.54, 1.807) is 21.1 Å². The van der Waals surface area contributed by atoms with E-state index < -0.39 is 0 Å². The summed E-state index contributed by atoms with van der Waals surface area (Å²) in [7, 11) is 1.73. The molecule has 0 unspecified atom stereocenters. The number of hydrogen-bond acceptors (Lipinski definition) is 2. The van der Waals surface area contributed by atoms with Gasteiger partial charge in [-0.1, -0.05) is 43.7 Å². The van der Waals surface area contributed by atoms with Gasteiger partial charge in [-0.25, -0.2) is 4.79 Å². The van der Waals surface area contributed by atoms with Gasteiger partial charge in [-0.3, -0.25) is 13.9 Å². The highest BCUT2D eigenvalue weighted by molar-refractivity contribution is 5.94. The molecule has 5 heteroatoms. The van der Waals surface area contributed by atoms with E-state index in [2.05, 4.69) is 6.92 Å². The zero-order chi connectivity index (χ0) is 17.8. The van der Waals surface area contributed by atoms with Crippen LogP contribution in [0.3, 0.4) is 0 Å². The maximum absolute atomic E-state index is 13.0. The molecule has 0 radical (unpaired) electrons. The van der Waals surface area contributed by atoms with Gasteiger partial charge in [0.2, 0.25) is 5.91 Å². The van der Waals surface area contributed by atoms with Crippen molar-refractivity contribution in [2.75, 3.05) is 11.4 Å². The molecule has 0 N–H and O–H groups in total. The van der Waals surface area contributed by atoms with Crippen molar-refractivity contribution < 1.29 is 4.79 Å². The predicted molar refractivity (Wildman–Crippen MR) is 101 cm³/mol. The third kappa shape index (κ3) is 3.36. The lowest BCUT2D eigenvalue weighted by Gasteiger charge is -2.23. The number of anilines is 1. The van der Waals surface area contributed by atoms with Crippen LogP contribution in [-0.2, 0) is 18.4 Å². The Kier molecular flexibility index (Phi) is 5.03. The van der Waals surface area contributed by atoms with Crippen LogP contribution in [0.15, 0.2) is 59.4 Å². The molecule has 1 heterocycles. The Bertz CT molecular complexity index is 925. The summed E-state index contributed by atoms with van der Waals surface area (Å²) >= 11 is 0. The standard InChI is InChI=1S/C20H23N3O2/c1-3-4-14-22(16-10-6-5-7-11-16)19(24)15-23-18-13-9-8-12-17(18)21(2)20(23)25/h5-13H,3-4,14-15H2,1-2H3. The number of carbonyl (C=O) groups excluding carboxylic acids is 1. The van der Waals surface area contributed by atoms with E-state index in [-0.39, 0.29) is 18.1 Å². The minimum absolute atomic E-state index is 0.0405. The number of rotatable bonds is 6. The van der Waals surface area contributed by atoms with Gasteiger partial charge < -0.3 is 4.90 Å². The zero-order valence-corrected chi connectivity index (χ0v) is 14.7. The Balaban J connectivity index is 1.94.